The zero-order valence-corrected chi connectivity index (χ0v) is 16.0. The fraction of sp³-hybridized carbons (Fsp3) is 0.150. The van der Waals surface area contributed by atoms with Gasteiger partial charge in [-0.1, -0.05) is 59.8 Å². The molecular weight excluding hydrogens is 369 g/mol. The van der Waals surface area contributed by atoms with E-state index in [4.69, 9.17) is 17.4 Å². The van der Waals surface area contributed by atoms with Gasteiger partial charge in [-0.15, -0.1) is 0 Å². The number of hydrogen-bond acceptors (Lipinski definition) is 3. The van der Waals surface area contributed by atoms with Gasteiger partial charge >= 0.3 is 0 Å². The largest absolute Gasteiger partial charge is 0.240 e. The molecule has 0 spiro atoms. The van der Waals surface area contributed by atoms with Gasteiger partial charge in [-0.25, -0.2) is 17.9 Å². The second-order valence-electron chi connectivity index (χ2n) is 6.45. The first-order valence-corrected chi connectivity index (χ1v) is 9.95. The Kier molecular flexibility index (Phi) is 4.92. The second kappa shape index (κ2) is 6.87. The van der Waals surface area contributed by atoms with Gasteiger partial charge in [0.15, 0.2) is 0 Å². The van der Waals surface area contributed by atoms with E-state index in [1.165, 1.54) is 23.3 Å². The number of halogens is 1. The molecule has 0 fully saturated rings. The van der Waals surface area contributed by atoms with Crippen LogP contribution in [0.5, 0.6) is 0 Å². The number of primary sulfonamides is 1. The van der Waals surface area contributed by atoms with Crippen LogP contribution in [0.2, 0.25) is 0 Å². The summed E-state index contributed by atoms with van der Waals surface area (Å²) in [6.45, 7) is 4.09. The molecule has 6 heteroatoms. The summed E-state index contributed by atoms with van der Waals surface area (Å²) in [6.07, 6.45) is 5.68. The fourth-order valence-electron chi connectivity index (χ4n) is 3.14. The van der Waals surface area contributed by atoms with Gasteiger partial charge in [-0.2, -0.15) is 0 Å². The van der Waals surface area contributed by atoms with Crippen molar-refractivity contribution < 1.29 is 12.8 Å². The van der Waals surface area contributed by atoms with E-state index in [-0.39, 0.29) is 5.92 Å². The Balaban J connectivity index is 1.93. The van der Waals surface area contributed by atoms with Crippen molar-refractivity contribution in [2.75, 3.05) is 0 Å². The highest BCUT2D eigenvalue weighted by Gasteiger charge is 2.19. The summed E-state index contributed by atoms with van der Waals surface area (Å²) in [6, 6.07) is 10.2. The van der Waals surface area contributed by atoms with Crippen LogP contribution in [0.25, 0.3) is 5.57 Å². The minimum absolute atomic E-state index is 0.0131. The first-order valence-electron chi connectivity index (χ1n) is 8.00. The number of thiocarbonyl (C=S) groups is 1. The highest BCUT2D eigenvalue weighted by atomic mass is 32.2. The summed E-state index contributed by atoms with van der Waals surface area (Å²) in [4.78, 5) is 0.209. The number of rotatable bonds is 3. The number of nitrogens with two attached hydrogens (primary N) is 1. The van der Waals surface area contributed by atoms with Crippen molar-refractivity contribution in [2.24, 2.45) is 5.14 Å². The molecule has 1 unspecified atom stereocenters. The highest BCUT2D eigenvalue weighted by Crippen LogP contribution is 2.31. The lowest BCUT2D eigenvalue weighted by molar-refractivity contribution is 0.568. The Hall–Kier alpha value is -2.15. The fourth-order valence-corrected chi connectivity index (χ4v) is 4.07. The number of allylic oxidation sites excluding steroid dienone is 4. The summed E-state index contributed by atoms with van der Waals surface area (Å²) in [5.41, 5.74) is 4.75. The summed E-state index contributed by atoms with van der Waals surface area (Å²) in [5, 5.41) is 5.00. The maximum atomic E-state index is 14.1. The maximum absolute atomic E-state index is 14.1. The molecular formula is C20H18FNO2S2. The molecule has 2 aromatic rings. The van der Waals surface area contributed by atoms with Crippen molar-refractivity contribution in [3.8, 4) is 0 Å². The molecule has 0 amide bonds. The Bertz CT molecular complexity index is 1050. The molecule has 26 heavy (non-hydrogen) atoms. The molecule has 1 aliphatic carbocycles. The lowest BCUT2D eigenvalue weighted by Crippen LogP contribution is -2.14. The van der Waals surface area contributed by atoms with Crippen molar-refractivity contribution in [2.45, 2.75) is 24.7 Å². The summed E-state index contributed by atoms with van der Waals surface area (Å²) in [5.74, 6) is -0.887. The van der Waals surface area contributed by atoms with Crippen LogP contribution in [-0.2, 0) is 10.0 Å². The number of aryl methyl sites for hydroxylation is 2. The molecule has 0 aromatic heterocycles. The van der Waals surface area contributed by atoms with Crippen LogP contribution in [-0.4, -0.2) is 13.3 Å². The summed E-state index contributed by atoms with van der Waals surface area (Å²) >= 11 is 5.55. The van der Waals surface area contributed by atoms with Gasteiger partial charge in [-0.3, -0.25) is 0 Å². The molecule has 3 rings (SSSR count). The number of hydrogen-bond donors (Lipinski definition) is 1. The average molecular weight is 388 g/mol. The molecule has 2 N–H and O–H groups in total. The van der Waals surface area contributed by atoms with Crippen molar-refractivity contribution >= 4 is 32.7 Å². The predicted octanol–water partition coefficient (Wildman–Crippen LogP) is 4.20. The quantitative estimate of drug-likeness (QED) is 0.803. The first-order chi connectivity index (χ1) is 12.1. The van der Waals surface area contributed by atoms with E-state index < -0.39 is 20.7 Å². The lowest BCUT2D eigenvalue weighted by atomic mass is 9.87. The molecule has 3 nitrogen and oxygen atoms in total. The van der Waals surface area contributed by atoms with Crippen molar-refractivity contribution in [1.29, 1.82) is 0 Å². The van der Waals surface area contributed by atoms with Crippen LogP contribution < -0.4 is 5.14 Å². The van der Waals surface area contributed by atoms with E-state index >= 15 is 0 Å². The van der Waals surface area contributed by atoms with Gasteiger partial charge in [0.1, 0.15) is 10.7 Å². The maximum Gasteiger partial charge on any atom is 0.240 e. The van der Waals surface area contributed by atoms with Gasteiger partial charge in [0.2, 0.25) is 10.0 Å². The zero-order valence-electron chi connectivity index (χ0n) is 14.4. The first kappa shape index (κ1) is 18.6. The van der Waals surface area contributed by atoms with Crippen LogP contribution in [0.15, 0.2) is 59.5 Å². The van der Waals surface area contributed by atoms with Crippen LogP contribution in [0.4, 0.5) is 4.39 Å². The van der Waals surface area contributed by atoms with E-state index in [9.17, 15) is 12.8 Å². The lowest BCUT2D eigenvalue weighted by Gasteiger charge is -2.19. The van der Waals surface area contributed by atoms with E-state index in [1.54, 1.807) is 0 Å². The van der Waals surface area contributed by atoms with Gasteiger partial charge in [0, 0.05) is 10.8 Å². The highest BCUT2D eigenvalue weighted by molar-refractivity contribution is 7.89. The zero-order chi connectivity index (χ0) is 19.1. The normalized spacial score (nSPS) is 17.3. The molecule has 2 aromatic carbocycles. The van der Waals surface area contributed by atoms with Crippen molar-refractivity contribution in [1.82, 2.24) is 0 Å². The third-order valence-corrected chi connectivity index (χ3v) is 5.56. The van der Waals surface area contributed by atoms with Crippen LogP contribution in [0.3, 0.4) is 0 Å². The minimum atomic E-state index is -4.08. The monoisotopic (exact) mass is 387 g/mol. The van der Waals surface area contributed by atoms with Gasteiger partial charge in [0.05, 0.1) is 0 Å². The standard InChI is InChI=1S/C20H18FNO2S2/c1-12-7-13(2)9-16(8-12)17-5-3-15(11-19(17)25)14-4-6-20(18(21)10-14)26(22,23)24/h3-11,17H,1-2H3,(H2,22,23,24). The average Bonchev–Trinajstić information content (AvgIpc) is 2.52. The SMILES string of the molecule is Cc1cc(C)cc(C2C=CC(c3ccc(S(N)(=O)=O)c(F)c3)=CC2=S)c1. The third-order valence-electron chi connectivity index (χ3n) is 4.25. The van der Waals surface area contributed by atoms with Crippen molar-refractivity contribution in [3.05, 3.63) is 82.7 Å². The predicted molar refractivity (Wildman–Crippen MR) is 106 cm³/mol. The number of benzene rings is 2. The Morgan fingerprint density at radius 3 is 2.27 bits per heavy atom. The van der Waals surface area contributed by atoms with Gasteiger partial charge in [0.25, 0.3) is 0 Å². The van der Waals surface area contributed by atoms with Crippen LogP contribution in [0.1, 0.15) is 28.2 Å². The van der Waals surface area contributed by atoms with E-state index in [2.05, 4.69) is 18.2 Å². The summed E-state index contributed by atoms with van der Waals surface area (Å²) < 4.78 is 36.8. The molecule has 0 bridgehead atoms. The summed E-state index contributed by atoms with van der Waals surface area (Å²) in [7, 11) is -4.08. The minimum Gasteiger partial charge on any atom is -0.225 e. The van der Waals surface area contributed by atoms with Crippen molar-refractivity contribution in [3.63, 3.8) is 0 Å². The van der Waals surface area contributed by atoms with Gasteiger partial charge in [-0.05, 0) is 48.8 Å². The molecule has 0 heterocycles. The molecule has 1 aliphatic rings. The third kappa shape index (κ3) is 3.82. The molecule has 134 valence electrons. The van der Waals surface area contributed by atoms with E-state index in [0.29, 0.717) is 5.56 Å². The van der Waals surface area contributed by atoms with Gasteiger partial charge < -0.3 is 0 Å². The second-order valence-corrected chi connectivity index (χ2v) is 8.45. The Labute approximate surface area is 158 Å². The topological polar surface area (TPSA) is 60.2 Å². The number of sulfonamides is 1. The molecule has 0 saturated carbocycles. The molecule has 0 aliphatic heterocycles. The Morgan fingerprint density at radius 2 is 1.73 bits per heavy atom. The van der Waals surface area contributed by atoms with E-state index in [0.717, 1.165) is 22.1 Å². The molecule has 0 radical (unpaired) electrons. The van der Waals surface area contributed by atoms with Crippen LogP contribution >= 0.6 is 12.2 Å². The molecule has 0 saturated heterocycles. The smallest absolute Gasteiger partial charge is 0.225 e. The molecule has 1 atom stereocenters. The van der Waals surface area contributed by atoms with E-state index in [1.807, 2.05) is 32.1 Å². The van der Waals surface area contributed by atoms with Crippen LogP contribution in [0, 0.1) is 19.7 Å². The Morgan fingerprint density at radius 1 is 1.08 bits per heavy atom.